The van der Waals surface area contributed by atoms with Gasteiger partial charge >= 0.3 is 6.03 Å². The number of urea groups is 1. The van der Waals surface area contributed by atoms with Crippen LogP contribution in [0.1, 0.15) is 11.3 Å². The molecule has 4 rings (SSSR count). The summed E-state index contributed by atoms with van der Waals surface area (Å²) in [6.07, 6.45) is 2.29. The molecule has 2 aromatic carbocycles. The van der Waals surface area contributed by atoms with Crippen molar-refractivity contribution in [2.24, 2.45) is 0 Å². The lowest BCUT2D eigenvalue weighted by Crippen LogP contribution is -2.52. The highest BCUT2D eigenvalue weighted by Gasteiger charge is 2.21. The Hall–Kier alpha value is -2.99. The van der Waals surface area contributed by atoms with Gasteiger partial charge in [0.15, 0.2) is 0 Å². The largest absolute Gasteiger partial charge is 0.444 e. The summed E-state index contributed by atoms with van der Waals surface area (Å²) in [6.45, 7) is 5.51. The van der Waals surface area contributed by atoms with E-state index in [1.807, 2.05) is 60.4 Å². The van der Waals surface area contributed by atoms with Crippen LogP contribution in [0.3, 0.4) is 0 Å². The number of hydrogen-bond donors (Lipinski definition) is 1. The number of piperazine rings is 1. The second-order valence-corrected chi connectivity index (χ2v) is 7.88. The Labute approximate surface area is 181 Å². The summed E-state index contributed by atoms with van der Waals surface area (Å²) in [5.41, 5.74) is 4.07. The van der Waals surface area contributed by atoms with Crippen LogP contribution in [-0.4, -0.2) is 48.6 Å². The molecule has 0 aliphatic carbocycles. The van der Waals surface area contributed by atoms with Crippen molar-refractivity contribution >= 4 is 23.3 Å². The van der Waals surface area contributed by atoms with Crippen molar-refractivity contribution in [3.05, 3.63) is 71.1 Å². The first-order valence-corrected chi connectivity index (χ1v) is 10.5. The third-order valence-electron chi connectivity index (χ3n) is 5.25. The van der Waals surface area contributed by atoms with E-state index < -0.39 is 0 Å². The molecule has 1 saturated heterocycles. The maximum atomic E-state index is 12.5. The van der Waals surface area contributed by atoms with Gasteiger partial charge in [0.2, 0.25) is 5.89 Å². The summed E-state index contributed by atoms with van der Waals surface area (Å²) in [6, 6.07) is 15.8. The highest BCUT2D eigenvalue weighted by molar-refractivity contribution is 6.30. The predicted molar refractivity (Wildman–Crippen MR) is 119 cm³/mol. The molecule has 0 unspecified atom stereocenters. The van der Waals surface area contributed by atoms with Gasteiger partial charge in [0.05, 0.1) is 5.69 Å². The minimum Gasteiger partial charge on any atom is -0.444 e. The van der Waals surface area contributed by atoms with E-state index in [-0.39, 0.29) is 6.03 Å². The van der Waals surface area contributed by atoms with Crippen LogP contribution in [0.4, 0.5) is 10.5 Å². The number of rotatable bonds is 5. The molecule has 0 saturated carbocycles. The van der Waals surface area contributed by atoms with Crippen molar-refractivity contribution in [2.75, 3.05) is 37.6 Å². The zero-order chi connectivity index (χ0) is 20.9. The van der Waals surface area contributed by atoms with Crippen LogP contribution in [0.5, 0.6) is 0 Å². The molecule has 1 aliphatic rings. The number of halogens is 1. The topological polar surface area (TPSA) is 61.6 Å². The Morgan fingerprint density at radius 3 is 2.63 bits per heavy atom. The van der Waals surface area contributed by atoms with Gasteiger partial charge in [0.25, 0.3) is 0 Å². The minimum atomic E-state index is -0.0389. The predicted octanol–water partition coefficient (Wildman–Crippen LogP) is 4.38. The van der Waals surface area contributed by atoms with Gasteiger partial charge in [-0.3, -0.25) is 0 Å². The van der Waals surface area contributed by atoms with Gasteiger partial charge in [-0.1, -0.05) is 35.4 Å². The molecule has 0 atom stereocenters. The number of aryl methyl sites for hydroxylation is 1. The van der Waals surface area contributed by atoms with Crippen molar-refractivity contribution in [1.82, 2.24) is 15.2 Å². The molecule has 6 nitrogen and oxygen atoms in total. The van der Waals surface area contributed by atoms with Crippen molar-refractivity contribution in [3.8, 4) is 11.5 Å². The summed E-state index contributed by atoms with van der Waals surface area (Å²) >= 11 is 6.08. The Morgan fingerprint density at radius 2 is 1.90 bits per heavy atom. The van der Waals surface area contributed by atoms with Gasteiger partial charge in [0.1, 0.15) is 6.26 Å². The third kappa shape index (κ3) is 4.94. The number of aromatic nitrogens is 1. The van der Waals surface area contributed by atoms with Crippen LogP contribution in [0.15, 0.2) is 59.2 Å². The summed E-state index contributed by atoms with van der Waals surface area (Å²) < 4.78 is 5.58. The number of amides is 2. The molecule has 1 fully saturated rings. The molecular formula is C23H25ClN4O2. The molecular weight excluding hydrogens is 400 g/mol. The van der Waals surface area contributed by atoms with Crippen LogP contribution in [0.2, 0.25) is 5.02 Å². The summed E-state index contributed by atoms with van der Waals surface area (Å²) in [5.74, 6) is 0.605. The first kappa shape index (κ1) is 20.3. The Morgan fingerprint density at radius 1 is 1.13 bits per heavy atom. The fourth-order valence-electron chi connectivity index (χ4n) is 3.50. The number of nitrogens with zero attached hydrogens (tertiary/aromatic N) is 3. The van der Waals surface area contributed by atoms with E-state index in [0.29, 0.717) is 31.9 Å². The maximum absolute atomic E-state index is 12.5. The third-order valence-corrected chi connectivity index (χ3v) is 5.48. The molecule has 0 spiro atoms. The van der Waals surface area contributed by atoms with Crippen molar-refractivity contribution in [3.63, 3.8) is 0 Å². The summed E-state index contributed by atoms with van der Waals surface area (Å²) in [7, 11) is 0. The van der Waals surface area contributed by atoms with Gasteiger partial charge in [0, 0.05) is 55.4 Å². The van der Waals surface area contributed by atoms with E-state index in [0.717, 1.165) is 35.1 Å². The summed E-state index contributed by atoms with van der Waals surface area (Å²) in [4.78, 5) is 21.1. The molecule has 0 bridgehead atoms. The van der Waals surface area contributed by atoms with Crippen LogP contribution >= 0.6 is 11.6 Å². The molecule has 2 heterocycles. The van der Waals surface area contributed by atoms with Crippen molar-refractivity contribution in [1.29, 1.82) is 0 Å². The monoisotopic (exact) mass is 424 g/mol. The highest BCUT2D eigenvalue weighted by Crippen LogP contribution is 2.21. The lowest BCUT2D eigenvalue weighted by Gasteiger charge is -2.36. The fourth-order valence-corrected chi connectivity index (χ4v) is 3.68. The van der Waals surface area contributed by atoms with E-state index in [1.165, 1.54) is 5.56 Å². The highest BCUT2D eigenvalue weighted by atomic mass is 35.5. The first-order valence-electron chi connectivity index (χ1n) is 10.1. The maximum Gasteiger partial charge on any atom is 0.317 e. The van der Waals surface area contributed by atoms with E-state index >= 15 is 0 Å². The van der Waals surface area contributed by atoms with E-state index in [1.54, 1.807) is 6.26 Å². The normalized spacial score (nSPS) is 14.1. The zero-order valence-corrected chi connectivity index (χ0v) is 17.7. The number of benzene rings is 2. The van der Waals surface area contributed by atoms with Gasteiger partial charge < -0.3 is 19.5 Å². The molecule has 1 aromatic heterocycles. The van der Waals surface area contributed by atoms with Gasteiger partial charge in [-0.2, -0.15) is 0 Å². The van der Waals surface area contributed by atoms with Gasteiger partial charge in [-0.25, -0.2) is 9.78 Å². The molecule has 30 heavy (non-hydrogen) atoms. The fraction of sp³-hybridized carbons (Fsp3) is 0.304. The smallest absolute Gasteiger partial charge is 0.317 e. The van der Waals surface area contributed by atoms with Crippen LogP contribution in [-0.2, 0) is 6.42 Å². The SMILES string of the molecule is Cc1ccc(-c2nc(CCNC(=O)N3CCN(c4cccc(Cl)c4)CC3)co2)cc1. The lowest BCUT2D eigenvalue weighted by molar-refractivity contribution is 0.194. The first-order chi connectivity index (χ1) is 14.6. The van der Waals surface area contributed by atoms with Crippen molar-refractivity contribution < 1.29 is 9.21 Å². The van der Waals surface area contributed by atoms with Gasteiger partial charge in [-0.05, 0) is 37.3 Å². The standard InChI is InChI=1S/C23H25ClN4O2/c1-17-5-7-18(8-6-17)22-26-20(16-30-22)9-10-25-23(29)28-13-11-27(12-14-28)21-4-2-3-19(24)15-21/h2-8,15-16H,9-14H2,1H3,(H,25,29). The molecule has 1 N–H and O–H groups in total. The molecule has 2 amide bonds. The number of nitrogens with one attached hydrogen (secondary N) is 1. The van der Waals surface area contributed by atoms with Crippen LogP contribution in [0, 0.1) is 6.92 Å². The second-order valence-electron chi connectivity index (χ2n) is 7.45. The molecule has 1 aliphatic heterocycles. The van der Waals surface area contributed by atoms with E-state index in [2.05, 4.69) is 15.2 Å². The molecule has 7 heteroatoms. The van der Waals surface area contributed by atoms with E-state index in [9.17, 15) is 4.79 Å². The van der Waals surface area contributed by atoms with Crippen LogP contribution < -0.4 is 10.2 Å². The number of oxazole rings is 1. The number of carbonyl (C=O) groups excluding carboxylic acids is 1. The average molecular weight is 425 g/mol. The Kier molecular flexibility index (Phi) is 6.23. The van der Waals surface area contributed by atoms with Crippen molar-refractivity contribution in [2.45, 2.75) is 13.3 Å². The summed E-state index contributed by atoms with van der Waals surface area (Å²) in [5, 5.41) is 3.71. The Bertz CT molecular complexity index is 994. The van der Waals surface area contributed by atoms with E-state index in [4.69, 9.17) is 16.0 Å². The lowest BCUT2D eigenvalue weighted by atomic mass is 10.1. The number of anilines is 1. The van der Waals surface area contributed by atoms with Crippen LogP contribution in [0.25, 0.3) is 11.5 Å². The Balaban J connectivity index is 1.22. The van der Waals surface area contributed by atoms with Gasteiger partial charge in [-0.15, -0.1) is 0 Å². The molecule has 3 aromatic rings. The minimum absolute atomic E-state index is 0.0389. The zero-order valence-electron chi connectivity index (χ0n) is 17.0. The number of carbonyl (C=O) groups is 1. The second kappa shape index (κ2) is 9.22. The molecule has 156 valence electrons. The quantitative estimate of drug-likeness (QED) is 0.660. The average Bonchev–Trinajstić information content (AvgIpc) is 3.23. The number of hydrogen-bond acceptors (Lipinski definition) is 4. The molecule has 0 radical (unpaired) electrons.